The predicted octanol–water partition coefficient (Wildman–Crippen LogP) is 6.64. The Kier molecular flexibility index (Phi) is 13.4. The van der Waals surface area contributed by atoms with Crippen LogP contribution in [0.2, 0.25) is 10.0 Å². The Morgan fingerprint density at radius 3 is 2.38 bits per heavy atom. The van der Waals surface area contributed by atoms with Crippen molar-refractivity contribution in [2.45, 2.75) is 46.6 Å². The van der Waals surface area contributed by atoms with Crippen molar-refractivity contribution >= 4 is 35.2 Å². The average molecular weight is 434 g/mol. The number of rotatable bonds is 8. The van der Waals surface area contributed by atoms with Gasteiger partial charge in [0.15, 0.2) is 0 Å². The molecule has 1 aromatic heterocycles. The van der Waals surface area contributed by atoms with Gasteiger partial charge in [-0.1, -0.05) is 81.3 Å². The molecule has 0 bridgehead atoms. The summed E-state index contributed by atoms with van der Waals surface area (Å²) in [7, 11) is 1.68. The number of allylic oxidation sites excluding steroid dienone is 3. The van der Waals surface area contributed by atoms with Crippen molar-refractivity contribution in [1.82, 2.24) is 9.88 Å². The van der Waals surface area contributed by atoms with Gasteiger partial charge in [0.25, 0.3) is 5.91 Å². The highest BCUT2D eigenvalue weighted by Gasteiger charge is 2.24. The van der Waals surface area contributed by atoms with Crippen LogP contribution in [0.25, 0.3) is 6.08 Å². The number of amides is 1. The molecule has 156 valence electrons. The molecule has 1 atom stereocenters. The van der Waals surface area contributed by atoms with Crippen LogP contribution in [-0.2, 0) is 4.79 Å². The van der Waals surface area contributed by atoms with Crippen LogP contribution in [0.3, 0.4) is 0 Å². The maximum Gasteiger partial charge on any atom is 0.264 e. The molecule has 29 heavy (non-hydrogen) atoms. The molecular formula is C23H29Cl2N3O. The number of carbonyl (C=O) groups excluding carboxylic acids is 1. The fourth-order valence-electron chi connectivity index (χ4n) is 2.64. The van der Waals surface area contributed by atoms with Gasteiger partial charge in [-0.2, -0.15) is 5.26 Å². The minimum absolute atomic E-state index is 0.0490. The van der Waals surface area contributed by atoms with Crippen LogP contribution in [0.15, 0.2) is 54.4 Å². The zero-order valence-electron chi connectivity index (χ0n) is 17.7. The molecule has 0 aliphatic heterocycles. The fraction of sp³-hybridized carbons (Fsp3) is 0.348. The summed E-state index contributed by atoms with van der Waals surface area (Å²) in [5, 5.41) is 10.1. The van der Waals surface area contributed by atoms with Crippen molar-refractivity contribution < 1.29 is 4.79 Å². The third kappa shape index (κ3) is 7.89. The molecule has 1 heterocycles. The van der Waals surface area contributed by atoms with Crippen LogP contribution in [0.1, 0.15) is 46.1 Å². The largest absolute Gasteiger partial charge is 0.334 e. The van der Waals surface area contributed by atoms with E-state index >= 15 is 0 Å². The Bertz CT molecular complexity index is 800. The van der Waals surface area contributed by atoms with E-state index in [-0.39, 0.29) is 21.7 Å². The maximum atomic E-state index is 13.0. The van der Waals surface area contributed by atoms with E-state index in [2.05, 4.69) is 11.6 Å². The number of likely N-dealkylation sites (N-methyl/N-ethyl adjacent to an activating group) is 1. The van der Waals surface area contributed by atoms with Gasteiger partial charge in [-0.15, -0.1) is 0 Å². The minimum Gasteiger partial charge on any atom is -0.334 e. The zero-order chi connectivity index (χ0) is 22.4. The van der Waals surface area contributed by atoms with Gasteiger partial charge in [0.2, 0.25) is 0 Å². The van der Waals surface area contributed by atoms with Crippen molar-refractivity contribution in [1.29, 1.82) is 5.26 Å². The standard InChI is InChI=1S/C21H23Cl2N3O.C2H6/c1-5-8-15(9-6-2)20(10-7-3)26(4)21(27)16(12-24)11-17-18(22)13-25-14-19(17)23;1-2/h5-6,8-9,11,13-14,20H,1,7,10H2,2-4H3;1-2H3/b9-6-,15-8+,16-11+;. The molecule has 0 saturated carbocycles. The molecule has 0 N–H and O–H groups in total. The molecule has 6 heteroatoms. The number of hydrogen-bond acceptors (Lipinski definition) is 3. The van der Waals surface area contributed by atoms with Crippen LogP contribution >= 0.6 is 23.2 Å². The average Bonchev–Trinajstić information content (AvgIpc) is 2.72. The number of nitrogens with zero attached hydrogens (tertiary/aromatic N) is 3. The number of carbonyl (C=O) groups is 1. The first kappa shape index (κ1) is 26.6. The fourth-order valence-corrected chi connectivity index (χ4v) is 3.11. The summed E-state index contributed by atoms with van der Waals surface area (Å²) in [5.41, 5.74) is 1.29. The van der Waals surface area contributed by atoms with Crippen LogP contribution in [0.4, 0.5) is 0 Å². The number of hydrogen-bond donors (Lipinski definition) is 0. The van der Waals surface area contributed by atoms with Crippen LogP contribution in [-0.4, -0.2) is 28.9 Å². The van der Waals surface area contributed by atoms with E-state index in [1.54, 1.807) is 18.0 Å². The molecule has 4 nitrogen and oxygen atoms in total. The van der Waals surface area contributed by atoms with E-state index in [9.17, 15) is 10.1 Å². The highest BCUT2D eigenvalue weighted by molar-refractivity contribution is 6.37. The van der Waals surface area contributed by atoms with Gasteiger partial charge in [0, 0.05) is 25.0 Å². The Morgan fingerprint density at radius 2 is 1.93 bits per heavy atom. The zero-order valence-corrected chi connectivity index (χ0v) is 19.3. The summed E-state index contributed by atoms with van der Waals surface area (Å²) in [6.07, 6.45) is 13.3. The van der Waals surface area contributed by atoms with Crippen LogP contribution in [0, 0.1) is 11.3 Å². The number of aromatic nitrogens is 1. The predicted molar refractivity (Wildman–Crippen MR) is 124 cm³/mol. The molecule has 0 spiro atoms. The lowest BCUT2D eigenvalue weighted by Crippen LogP contribution is -2.38. The molecule has 1 amide bonds. The lowest BCUT2D eigenvalue weighted by molar-refractivity contribution is -0.126. The lowest BCUT2D eigenvalue weighted by Gasteiger charge is -2.29. The van der Waals surface area contributed by atoms with Gasteiger partial charge in [-0.3, -0.25) is 9.78 Å². The van der Waals surface area contributed by atoms with Crippen LogP contribution in [0.5, 0.6) is 0 Å². The van der Waals surface area contributed by atoms with Gasteiger partial charge in [-0.05, 0) is 25.0 Å². The molecule has 0 saturated heterocycles. The van der Waals surface area contributed by atoms with Crippen molar-refractivity contribution in [3.8, 4) is 6.07 Å². The molecule has 0 aliphatic rings. The first-order valence-corrected chi connectivity index (χ1v) is 10.3. The van der Waals surface area contributed by atoms with E-state index < -0.39 is 5.91 Å². The monoisotopic (exact) mass is 433 g/mol. The Morgan fingerprint density at radius 1 is 1.34 bits per heavy atom. The maximum absolute atomic E-state index is 13.0. The lowest BCUT2D eigenvalue weighted by atomic mass is 9.98. The molecule has 1 aromatic rings. The second kappa shape index (κ2) is 14.6. The van der Waals surface area contributed by atoms with Gasteiger partial charge in [-0.25, -0.2) is 0 Å². The van der Waals surface area contributed by atoms with Gasteiger partial charge >= 0.3 is 0 Å². The third-order valence-corrected chi connectivity index (χ3v) is 4.54. The highest BCUT2D eigenvalue weighted by atomic mass is 35.5. The molecular weight excluding hydrogens is 405 g/mol. The number of halogens is 2. The van der Waals surface area contributed by atoms with Gasteiger partial charge < -0.3 is 4.90 Å². The minimum atomic E-state index is -0.403. The smallest absolute Gasteiger partial charge is 0.264 e. The molecule has 1 rings (SSSR count). The first-order chi connectivity index (χ1) is 13.9. The summed E-state index contributed by atoms with van der Waals surface area (Å²) >= 11 is 12.2. The van der Waals surface area contributed by atoms with E-state index in [1.807, 2.05) is 52.0 Å². The normalized spacial score (nSPS) is 12.6. The molecule has 0 aliphatic carbocycles. The second-order valence-corrected chi connectivity index (χ2v) is 6.62. The van der Waals surface area contributed by atoms with Crippen molar-refractivity contribution in [3.63, 3.8) is 0 Å². The van der Waals surface area contributed by atoms with Crippen molar-refractivity contribution in [3.05, 3.63) is 70.0 Å². The van der Waals surface area contributed by atoms with Crippen molar-refractivity contribution in [2.75, 3.05) is 7.05 Å². The molecule has 0 aromatic carbocycles. The molecule has 0 fully saturated rings. The van der Waals surface area contributed by atoms with E-state index in [0.717, 1.165) is 18.4 Å². The second-order valence-electron chi connectivity index (χ2n) is 5.81. The summed E-state index contributed by atoms with van der Waals surface area (Å²) in [5.74, 6) is -0.403. The summed E-state index contributed by atoms with van der Waals surface area (Å²) < 4.78 is 0. The SMILES string of the molecule is C=C/C=C(\C=C/C)C(CCC)N(C)C(=O)/C(C#N)=C/c1c(Cl)cncc1Cl.CC. The van der Waals surface area contributed by atoms with Crippen LogP contribution < -0.4 is 0 Å². The van der Waals surface area contributed by atoms with E-state index in [4.69, 9.17) is 23.2 Å². The molecule has 1 unspecified atom stereocenters. The Hall–Kier alpha value is -2.35. The first-order valence-electron chi connectivity index (χ1n) is 9.54. The summed E-state index contributed by atoms with van der Waals surface area (Å²) in [6, 6.07) is 1.78. The Balaban J connectivity index is 0.00000379. The number of pyridine rings is 1. The summed E-state index contributed by atoms with van der Waals surface area (Å²) in [6.45, 7) is 11.7. The Labute approximate surface area is 184 Å². The third-order valence-electron chi connectivity index (χ3n) is 3.93. The van der Waals surface area contributed by atoms with Gasteiger partial charge in [0.1, 0.15) is 11.6 Å². The molecule has 0 radical (unpaired) electrons. The van der Waals surface area contributed by atoms with E-state index in [1.165, 1.54) is 18.5 Å². The van der Waals surface area contributed by atoms with E-state index in [0.29, 0.717) is 5.56 Å². The van der Waals surface area contributed by atoms with Gasteiger partial charge in [0.05, 0.1) is 16.1 Å². The van der Waals surface area contributed by atoms with Crippen molar-refractivity contribution in [2.24, 2.45) is 0 Å². The summed E-state index contributed by atoms with van der Waals surface area (Å²) in [4.78, 5) is 18.4. The topological polar surface area (TPSA) is 57.0 Å². The quantitative estimate of drug-likeness (QED) is 0.262. The number of nitriles is 1. The highest BCUT2D eigenvalue weighted by Crippen LogP contribution is 2.26.